The second kappa shape index (κ2) is 8.81. The molecule has 0 aliphatic heterocycles. The number of nitrogens with zero attached hydrogens (tertiary/aromatic N) is 4. The average molecular weight is 445 g/mol. The van der Waals surface area contributed by atoms with E-state index in [-0.39, 0.29) is 16.6 Å². The molecule has 0 atom stereocenters. The largest absolute Gasteiger partial charge is 0.300 e. The highest BCUT2D eigenvalue weighted by molar-refractivity contribution is 7.91. The molecule has 7 nitrogen and oxygen atoms in total. The molecule has 0 bridgehead atoms. The molecule has 30 heavy (non-hydrogen) atoms. The standard InChI is InChI=1S/C21H21ClN4O3S/c1-4-6-7-9-16(5-2)14-30(28,29)21-24-23-19-20(27)25(12-13-26(19)21)18-11-8-10-17(22)15(18)3/h4-5,7-13H,1,6,14H2,2-3H3/b9-7-,16-5+. The van der Waals surface area contributed by atoms with Crippen molar-refractivity contribution >= 4 is 27.1 Å². The fraction of sp³-hybridized carbons (Fsp3) is 0.190. The first-order chi connectivity index (χ1) is 14.3. The lowest BCUT2D eigenvalue weighted by molar-refractivity contribution is 0.587. The average Bonchev–Trinajstić information content (AvgIpc) is 3.16. The van der Waals surface area contributed by atoms with Crippen molar-refractivity contribution in [1.29, 1.82) is 0 Å². The van der Waals surface area contributed by atoms with Crippen LogP contribution >= 0.6 is 11.6 Å². The van der Waals surface area contributed by atoms with E-state index in [1.165, 1.54) is 21.4 Å². The maximum atomic E-state index is 13.0. The Morgan fingerprint density at radius 1 is 1.27 bits per heavy atom. The van der Waals surface area contributed by atoms with Crippen LogP contribution in [0.5, 0.6) is 0 Å². The molecule has 9 heteroatoms. The molecule has 0 unspecified atom stereocenters. The number of rotatable bonds is 7. The molecule has 0 saturated heterocycles. The molecule has 0 spiro atoms. The van der Waals surface area contributed by atoms with Gasteiger partial charge in [-0.1, -0.05) is 42.0 Å². The number of fused-ring (bicyclic) bond motifs is 1. The number of hydrogen-bond donors (Lipinski definition) is 0. The topological polar surface area (TPSA) is 86.3 Å². The van der Waals surface area contributed by atoms with Gasteiger partial charge in [-0.05, 0) is 43.5 Å². The Morgan fingerprint density at radius 3 is 2.73 bits per heavy atom. The monoisotopic (exact) mass is 444 g/mol. The SMILES string of the molecule is C=CC/C=C\C(=C/C)CS(=O)(=O)c1nnc2c(=O)n(-c3cccc(Cl)c3C)ccn12. The molecule has 0 aliphatic rings. The molecule has 0 N–H and O–H groups in total. The summed E-state index contributed by atoms with van der Waals surface area (Å²) in [5, 5.41) is 7.90. The molecule has 0 saturated carbocycles. The van der Waals surface area contributed by atoms with Gasteiger partial charge in [0.15, 0.2) is 0 Å². The van der Waals surface area contributed by atoms with Crippen molar-refractivity contribution in [3.8, 4) is 5.69 Å². The Kier molecular flexibility index (Phi) is 6.38. The van der Waals surface area contributed by atoms with Crippen LogP contribution in [0, 0.1) is 6.92 Å². The maximum Gasteiger partial charge on any atom is 0.300 e. The van der Waals surface area contributed by atoms with E-state index in [2.05, 4.69) is 16.8 Å². The summed E-state index contributed by atoms with van der Waals surface area (Å²) in [6.07, 6.45) is 10.6. The van der Waals surface area contributed by atoms with Gasteiger partial charge in [-0.2, -0.15) is 0 Å². The third-order valence-electron chi connectivity index (χ3n) is 4.58. The second-order valence-corrected chi connectivity index (χ2v) is 8.87. The van der Waals surface area contributed by atoms with Crippen LogP contribution < -0.4 is 5.56 Å². The first-order valence-corrected chi connectivity index (χ1v) is 11.2. The van der Waals surface area contributed by atoms with E-state index in [1.807, 2.05) is 6.08 Å². The van der Waals surface area contributed by atoms with Crippen molar-refractivity contribution in [2.75, 3.05) is 5.75 Å². The fourth-order valence-corrected chi connectivity index (χ4v) is 4.56. The maximum absolute atomic E-state index is 13.0. The van der Waals surface area contributed by atoms with Gasteiger partial charge in [0, 0.05) is 17.4 Å². The van der Waals surface area contributed by atoms with Gasteiger partial charge in [-0.3, -0.25) is 13.8 Å². The van der Waals surface area contributed by atoms with Crippen LogP contribution in [0.3, 0.4) is 0 Å². The van der Waals surface area contributed by atoms with Gasteiger partial charge in [0.25, 0.3) is 5.16 Å². The molecule has 0 aliphatic carbocycles. The predicted molar refractivity (Wildman–Crippen MR) is 118 cm³/mol. The molecule has 0 radical (unpaired) electrons. The minimum Gasteiger partial charge on any atom is -0.279 e. The molecule has 3 aromatic rings. The van der Waals surface area contributed by atoms with Crippen molar-refractivity contribution in [3.63, 3.8) is 0 Å². The number of hydrogen-bond acceptors (Lipinski definition) is 5. The highest BCUT2D eigenvalue weighted by atomic mass is 35.5. The number of allylic oxidation sites excluding steroid dienone is 4. The van der Waals surface area contributed by atoms with Gasteiger partial charge in [0.1, 0.15) is 0 Å². The number of benzene rings is 1. The van der Waals surface area contributed by atoms with Gasteiger partial charge in [-0.25, -0.2) is 8.42 Å². The van der Waals surface area contributed by atoms with Crippen molar-refractivity contribution in [2.24, 2.45) is 0 Å². The van der Waals surface area contributed by atoms with Crippen molar-refractivity contribution in [1.82, 2.24) is 19.2 Å². The molecular weight excluding hydrogens is 424 g/mol. The summed E-state index contributed by atoms with van der Waals surface area (Å²) in [6, 6.07) is 5.22. The zero-order valence-electron chi connectivity index (χ0n) is 16.6. The van der Waals surface area contributed by atoms with Crippen LogP contribution in [0.4, 0.5) is 0 Å². The predicted octanol–water partition coefficient (Wildman–Crippen LogP) is 3.69. The summed E-state index contributed by atoms with van der Waals surface area (Å²) in [5.41, 5.74) is 1.35. The molecule has 1 aromatic carbocycles. The van der Waals surface area contributed by atoms with E-state index >= 15 is 0 Å². The molecule has 2 aromatic heterocycles. The first kappa shape index (κ1) is 21.7. The summed E-state index contributed by atoms with van der Waals surface area (Å²) >= 11 is 6.16. The summed E-state index contributed by atoms with van der Waals surface area (Å²) in [7, 11) is -3.83. The summed E-state index contributed by atoms with van der Waals surface area (Å²) in [4.78, 5) is 13.0. The Bertz CT molecular complexity index is 1330. The highest BCUT2D eigenvalue weighted by Crippen LogP contribution is 2.21. The van der Waals surface area contributed by atoms with E-state index in [0.717, 1.165) is 5.56 Å². The van der Waals surface area contributed by atoms with Crippen LogP contribution in [-0.2, 0) is 9.84 Å². The van der Waals surface area contributed by atoms with Gasteiger partial charge in [0.05, 0.1) is 11.4 Å². The van der Waals surface area contributed by atoms with E-state index in [0.29, 0.717) is 22.7 Å². The van der Waals surface area contributed by atoms with E-state index in [1.54, 1.807) is 50.3 Å². The summed E-state index contributed by atoms with van der Waals surface area (Å²) in [5.74, 6) is -0.256. The first-order valence-electron chi connectivity index (χ1n) is 9.17. The summed E-state index contributed by atoms with van der Waals surface area (Å²) in [6.45, 7) is 7.19. The minimum atomic E-state index is -3.83. The molecule has 156 valence electrons. The lowest BCUT2D eigenvalue weighted by Gasteiger charge is -2.10. The van der Waals surface area contributed by atoms with Crippen LogP contribution in [0.1, 0.15) is 18.9 Å². The third-order valence-corrected chi connectivity index (χ3v) is 6.54. The Morgan fingerprint density at radius 2 is 2.03 bits per heavy atom. The lowest BCUT2D eigenvalue weighted by atomic mass is 10.2. The fourth-order valence-electron chi connectivity index (χ4n) is 2.95. The molecular formula is C21H21ClN4O3S. The van der Waals surface area contributed by atoms with Gasteiger partial charge >= 0.3 is 5.56 Å². The van der Waals surface area contributed by atoms with Crippen LogP contribution in [0.15, 0.2) is 77.0 Å². The zero-order valence-corrected chi connectivity index (χ0v) is 18.2. The smallest absolute Gasteiger partial charge is 0.279 e. The summed E-state index contributed by atoms with van der Waals surface area (Å²) < 4.78 is 28.4. The minimum absolute atomic E-state index is 0.0836. The van der Waals surface area contributed by atoms with E-state index in [9.17, 15) is 13.2 Å². The van der Waals surface area contributed by atoms with Crippen LogP contribution in [0.25, 0.3) is 11.3 Å². The Hall–Kier alpha value is -2.97. The Balaban J connectivity index is 2.05. The van der Waals surface area contributed by atoms with Gasteiger partial charge in [0.2, 0.25) is 15.5 Å². The molecule has 0 amide bonds. The molecule has 2 heterocycles. The molecule has 0 fully saturated rings. The molecule has 3 rings (SSSR count). The third kappa shape index (κ3) is 4.15. The zero-order chi connectivity index (χ0) is 21.9. The quantitative estimate of drug-likeness (QED) is 0.409. The number of aromatic nitrogens is 4. The highest BCUT2D eigenvalue weighted by Gasteiger charge is 2.24. The number of sulfone groups is 1. The Labute approximate surface area is 179 Å². The van der Waals surface area contributed by atoms with Crippen LogP contribution in [0.2, 0.25) is 5.02 Å². The second-order valence-electron chi connectivity index (χ2n) is 6.58. The van der Waals surface area contributed by atoms with Gasteiger partial charge in [-0.15, -0.1) is 16.8 Å². The van der Waals surface area contributed by atoms with E-state index < -0.39 is 15.4 Å². The number of halogens is 1. The lowest BCUT2D eigenvalue weighted by Crippen LogP contribution is -2.22. The van der Waals surface area contributed by atoms with E-state index in [4.69, 9.17) is 11.6 Å². The van der Waals surface area contributed by atoms with Crippen LogP contribution in [-0.4, -0.2) is 33.3 Å². The normalized spacial score (nSPS) is 12.7. The van der Waals surface area contributed by atoms with Crippen molar-refractivity contribution in [2.45, 2.75) is 25.4 Å². The van der Waals surface area contributed by atoms with Crippen molar-refractivity contribution in [3.05, 3.63) is 88.0 Å². The van der Waals surface area contributed by atoms with Gasteiger partial charge < -0.3 is 0 Å². The van der Waals surface area contributed by atoms with Crippen molar-refractivity contribution < 1.29 is 8.42 Å².